The topological polar surface area (TPSA) is 76.1 Å². The summed E-state index contributed by atoms with van der Waals surface area (Å²) >= 11 is 0. The molecule has 1 aliphatic carbocycles. The van der Waals surface area contributed by atoms with E-state index in [9.17, 15) is 19.1 Å². The van der Waals surface area contributed by atoms with Gasteiger partial charge in [0.2, 0.25) is 5.91 Å². The number of rotatable bonds is 8. The Labute approximate surface area is 236 Å². The molecule has 2 saturated heterocycles. The molecule has 40 heavy (non-hydrogen) atoms. The Morgan fingerprint density at radius 1 is 1.05 bits per heavy atom. The van der Waals surface area contributed by atoms with E-state index in [1.807, 2.05) is 40.1 Å². The van der Waals surface area contributed by atoms with Gasteiger partial charge in [0.05, 0.1) is 12.6 Å². The molecule has 2 aliphatic heterocycles. The Kier molecular flexibility index (Phi) is 8.86. The first-order valence-electron chi connectivity index (χ1n) is 14.6. The van der Waals surface area contributed by atoms with Gasteiger partial charge in [-0.15, -0.1) is 6.58 Å². The molecule has 3 amide bonds. The minimum absolute atomic E-state index is 0.0323. The van der Waals surface area contributed by atoms with E-state index < -0.39 is 5.60 Å². The molecule has 5 rings (SSSR count). The average molecular weight is 549 g/mol. The molecule has 2 N–H and O–H groups in total. The van der Waals surface area contributed by atoms with Gasteiger partial charge in [-0.25, -0.2) is 9.18 Å². The number of β-amino-alcohol motifs (C(OH)–C–C–N with tert-alkyl or cyclic N) is 1. The molecule has 3 aliphatic rings. The van der Waals surface area contributed by atoms with Crippen LogP contribution < -0.4 is 5.32 Å². The number of halogens is 1. The number of amides is 3. The molecular formula is C32H41FN4O3. The number of nitrogens with one attached hydrogen (secondary N) is 1. The molecule has 2 heterocycles. The first-order valence-corrected chi connectivity index (χ1v) is 14.6. The van der Waals surface area contributed by atoms with Crippen molar-refractivity contribution in [2.24, 2.45) is 5.92 Å². The minimum Gasteiger partial charge on any atom is -0.382 e. The van der Waals surface area contributed by atoms with Crippen LogP contribution in [-0.4, -0.2) is 76.6 Å². The largest absolute Gasteiger partial charge is 0.382 e. The first kappa shape index (κ1) is 28.3. The Hall–Kier alpha value is -3.23. The highest BCUT2D eigenvalue weighted by Crippen LogP contribution is 2.39. The second kappa shape index (κ2) is 12.5. The fraction of sp³-hybridized carbons (Fsp3) is 0.500. The van der Waals surface area contributed by atoms with Crippen LogP contribution >= 0.6 is 0 Å². The zero-order chi connectivity index (χ0) is 28.1. The second-order valence-corrected chi connectivity index (χ2v) is 11.5. The third kappa shape index (κ3) is 6.08. The van der Waals surface area contributed by atoms with Crippen LogP contribution in [0.2, 0.25) is 0 Å². The number of likely N-dealkylation sites (tertiary alicyclic amines) is 2. The van der Waals surface area contributed by atoms with Crippen molar-refractivity contribution in [1.82, 2.24) is 20.0 Å². The van der Waals surface area contributed by atoms with Crippen LogP contribution in [0.15, 0.2) is 67.3 Å². The van der Waals surface area contributed by atoms with Crippen LogP contribution in [0.4, 0.5) is 9.18 Å². The van der Waals surface area contributed by atoms with Crippen molar-refractivity contribution in [3.05, 3.63) is 84.2 Å². The van der Waals surface area contributed by atoms with E-state index in [0.717, 1.165) is 62.7 Å². The summed E-state index contributed by atoms with van der Waals surface area (Å²) in [5, 5.41) is 15.1. The molecule has 7 nitrogen and oxygen atoms in total. The highest BCUT2D eigenvalue weighted by Gasteiger charge is 2.51. The summed E-state index contributed by atoms with van der Waals surface area (Å²) in [6.45, 7) is 6.86. The van der Waals surface area contributed by atoms with Crippen molar-refractivity contribution in [2.45, 2.75) is 62.8 Å². The van der Waals surface area contributed by atoms with Crippen LogP contribution in [0.25, 0.3) is 0 Å². The summed E-state index contributed by atoms with van der Waals surface area (Å²) < 4.78 is 13.2. The van der Waals surface area contributed by atoms with Crippen molar-refractivity contribution in [1.29, 1.82) is 0 Å². The lowest BCUT2D eigenvalue weighted by Gasteiger charge is -2.43. The molecular weight excluding hydrogens is 507 g/mol. The van der Waals surface area contributed by atoms with Crippen molar-refractivity contribution >= 4 is 11.9 Å². The van der Waals surface area contributed by atoms with Crippen LogP contribution in [0.5, 0.6) is 0 Å². The molecule has 2 atom stereocenters. The predicted molar refractivity (Wildman–Crippen MR) is 153 cm³/mol. The SMILES string of the molecule is C=CCN(C(=O)NCc1ccc(F)cc1)C1CCN([C@H]2CN(C(=O)C3CCCC3)C[C@]2(O)c2ccccc2)CC1. The molecule has 3 fully saturated rings. The highest BCUT2D eigenvalue weighted by atomic mass is 19.1. The molecule has 214 valence electrons. The molecule has 2 aromatic carbocycles. The quantitative estimate of drug-likeness (QED) is 0.483. The van der Waals surface area contributed by atoms with E-state index in [1.54, 1.807) is 18.2 Å². The number of urea groups is 1. The Bertz CT molecular complexity index is 1160. The number of aliphatic hydroxyl groups is 1. The first-order chi connectivity index (χ1) is 19.4. The maximum Gasteiger partial charge on any atom is 0.318 e. The molecule has 0 radical (unpaired) electrons. The van der Waals surface area contributed by atoms with E-state index >= 15 is 0 Å². The molecule has 0 spiro atoms. The number of carbonyl (C=O) groups is 2. The highest BCUT2D eigenvalue weighted by molar-refractivity contribution is 5.79. The molecule has 0 unspecified atom stereocenters. The third-order valence-corrected chi connectivity index (χ3v) is 8.99. The van der Waals surface area contributed by atoms with E-state index in [1.165, 1.54) is 12.1 Å². The van der Waals surface area contributed by atoms with Gasteiger partial charge in [-0.3, -0.25) is 9.69 Å². The normalized spacial score (nSPS) is 24.2. The maximum absolute atomic E-state index is 13.4. The standard InChI is InChI=1S/C32H41FN4O3/c1-2-18-37(31(39)34-21-24-12-14-27(33)15-13-24)28-16-19-35(20-17-28)29-22-36(30(38)25-8-6-7-9-25)23-32(29,40)26-10-4-3-5-11-26/h2-5,10-15,25,28-29,40H,1,6-9,16-23H2,(H,34,39)/t29-,32-/m0/s1. The monoisotopic (exact) mass is 548 g/mol. The number of nitrogens with zero attached hydrogens (tertiary/aromatic N) is 3. The van der Waals surface area contributed by atoms with Gasteiger partial charge in [-0.05, 0) is 48.9 Å². The summed E-state index contributed by atoms with van der Waals surface area (Å²) in [7, 11) is 0. The number of benzene rings is 2. The average Bonchev–Trinajstić information content (AvgIpc) is 3.65. The maximum atomic E-state index is 13.4. The lowest BCUT2D eigenvalue weighted by atomic mass is 9.86. The predicted octanol–water partition coefficient (Wildman–Crippen LogP) is 4.28. The van der Waals surface area contributed by atoms with Gasteiger partial charge in [0.1, 0.15) is 11.4 Å². The summed E-state index contributed by atoms with van der Waals surface area (Å²) in [5.41, 5.74) is 0.536. The van der Waals surface area contributed by atoms with Crippen molar-refractivity contribution in [2.75, 3.05) is 32.7 Å². The van der Waals surface area contributed by atoms with Crippen LogP contribution in [0.3, 0.4) is 0 Å². The summed E-state index contributed by atoms with van der Waals surface area (Å²) in [5.74, 6) is -0.0489. The Morgan fingerprint density at radius 3 is 2.38 bits per heavy atom. The van der Waals surface area contributed by atoms with E-state index in [-0.39, 0.29) is 35.8 Å². The lowest BCUT2D eigenvalue weighted by Crippen LogP contribution is -2.56. The van der Waals surface area contributed by atoms with Gasteiger partial charge in [0.25, 0.3) is 0 Å². The number of hydrogen-bond donors (Lipinski definition) is 2. The zero-order valence-electron chi connectivity index (χ0n) is 23.2. The second-order valence-electron chi connectivity index (χ2n) is 11.5. The van der Waals surface area contributed by atoms with Crippen LogP contribution in [0.1, 0.15) is 49.7 Å². The van der Waals surface area contributed by atoms with E-state index in [4.69, 9.17) is 0 Å². The van der Waals surface area contributed by atoms with Gasteiger partial charge in [0.15, 0.2) is 0 Å². The van der Waals surface area contributed by atoms with E-state index in [2.05, 4.69) is 16.8 Å². The van der Waals surface area contributed by atoms with Crippen molar-refractivity contribution in [3.8, 4) is 0 Å². The number of hydrogen-bond acceptors (Lipinski definition) is 4. The Morgan fingerprint density at radius 2 is 1.73 bits per heavy atom. The summed E-state index contributed by atoms with van der Waals surface area (Å²) in [4.78, 5) is 32.5. The zero-order valence-corrected chi connectivity index (χ0v) is 23.2. The molecule has 0 bridgehead atoms. The van der Waals surface area contributed by atoms with Crippen LogP contribution in [0, 0.1) is 11.7 Å². The lowest BCUT2D eigenvalue weighted by molar-refractivity contribution is -0.135. The van der Waals surface area contributed by atoms with Crippen molar-refractivity contribution < 1.29 is 19.1 Å². The molecule has 8 heteroatoms. The van der Waals surface area contributed by atoms with Crippen LogP contribution in [-0.2, 0) is 16.9 Å². The van der Waals surface area contributed by atoms with Gasteiger partial charge in [0, 0.05) is 44.7 Å². The minimum atomic E-state index is -1.14. The summed E-state index contributed by atoms with van der Waals surface area (Å²) in [6, 6.07) is 15.5. The van der Waals surface area contributed by atoms with Gasteiger partial charge < -0.3 is 20.2 Å². The summed E-state index contributed by atoms with van der Waals surface area (Å²) in [6.07, 6.45) is 7.34. The fourth-order valence-electron chi connectivity index (χ4n) is 6.78. The number of carbonyl (C=O) groups excluding carboxylic acids is 2. The van der Waals surface area contributed by atoms with Gasteiger partial charge >= 0.3 is 6.03 Å². The smallest absolute Gasteiger partial charge is 0.318 e. The van der Waals surface area contributed by atoms with Gasteiger partial charge in [-0.1, -0.05) is 61.4 Å². The Balaban J connectivity index is 1.25. The molecule has 1 saturated carbocycles. The van der Waals surface area contributed by atoms with Gasteiger partial charge in [-0.2, -0.15) is 0 Å². The van der Waals surface area contributed by atoms with E-state index in [0.29, 0.717) is 26.2 Å². The molecule has 2 aromatic rings. The van der Waals surface area contributed by atoms with Crippen molar-refractivity contribution in [3.63, 3.8) is 0 Å². The number of piperidine rings is 1. The molecule has 0 aromatic heterocycles. The third-order valence-electron chi connectivity index (χ3n) is 8.99. The fourth-order valence-corrected chi connectivity index (χ4v) is 6.78.